The molecule has 0 radical (unpaired) electrons. The van der Waals surface area contributed by atoms with Crippen LogP contribution in [0.2, 0.25) is 0 Å². The predicted octanol–water partition coefficient (Wildman–Crippen LogP) is 4.57. The summed E-state index contributed by atoms with van der Waals surface area (Å²) in [5, 5.41) is 0. The lowest BCUT2D eigenvalue weighted by atomic mass is 9.91. The lowest BCUT2D eigenvalue weighted by Gasteiger charge is -2.34. The molecule has 3 aliphatic heterocycles. The van der Waals surface area contributed by atoms with Gasteiger partial charge in [0.25, 0.3) is 0 Å². The largest absolute Gasteiger partial charge is 0.462 e. The van der Waals surface area contributed by atoms with Crippen molar-refractivity contribution in [2.45, 2.75) is 69.6 Å². The summed E-state index contributed by atoms with van der Waals surface area (Å²) in [6.45, 7) is 1.06. The number of carbonyl (C=O) groups is 2. The SMILES string of the molecule is O=C1C[C@@H]2[C@@H](C=C[C@@H](OC3CCCCO3)C3OCc4ccccc4O3)[C@H](OC(=O)c3ccccc3)C[C@@H]2O1. The third kappa shape index (κ3) is 5.48. The molecule has 2 aromatic carbocycles. The molecule has 2 aromatic rings. The molecule has 38 heavy (non-hydrogen) atoms. The van der Waals surface area contributed by atoms with Crippen LogP contribution >= 0.6 is 0 Å². The summed E-state index contributed by atoms with van der Waals surface area (Å²) in [5.74, 6) is -0.133. The fourth-order valence-corrected chi connectivity index (χ4v) is 5.73. The molecular formula is C30H32O8. The minimum Gasteiger partial charge on any atom is -0.462 e. The van der Waals surface area contributed by atoms with Gasteiger partial charge in [0.2, 0.25) is 6.29 Å². The Bertz CT molecular complexity index is 1160. The Morgan fingerprint density at radius 1 is 1.00 bits per heavy atom. The van der Waals surface area contributed by atoms with Crippen LogP contribution in [-0.4, -0.2) is 49.4 Å². The molecule has 1 aliphatic carbocycles. The summed E-state index contributed by atoms with van der Waals surface area (Å²) >= 11 is 0. The maximum atomic E-state index is 12.9. The second-order valence-electron chi connectivity index (χ2n) is 10.2. The molecule has 0 aromatic heterocycles. The van der Waals surface area contributed by atoms with E-state index >= 15 is 0 Å². The Labute approximate surface area is 221 Å². The van der Waals surface area contributed by atoms with Crippen LogP contribution in [-0.2, 0) is 35.1 Å². The molecule has 2 saturated heterocycles. The zero-order valence-electron chi connectivity index (χ0n) is 21.1. The molecular weight excluding hydrogens is 488 g/mol. The topological polar surface area (TPSA) is 89.5 Å². The van der Waals surface area contributed by atoms with Crippen LogP contribution in [0.15, 0.2) is 66.7 Å². The zero-order chi connectivity index (χ0) is 25.9. The summed E-state index contributed by atoms with van der Waals surface area (Å²) in [6, 6.07) is 16.7. The Morgan fingerprint density at radius 3 is 2.68 bits per heavy atom. The van der Waals surface area contributed by atoms with E-state index in [1.165, 1.54) is 0 Å². The van der Waals surface area contributed by atoms with E-state index in [-0.39, 0.29) is 36.2 Å². The van der Waals surface area contributed by atoms with Crippen molar-refractivity contribution in [3.05, 3.63) is 77.9 Å². The molecule has 200 valence electrons. The predicted molar refractivity (Wildman–Crippen MR) is 135 cm³/mol. The van der Waals surface area contributed by atoms with E-state index in [2.05, 4.69) is 0 Å². The molecule has 6 rings (SSSR count). The summed E-state index contributed by atoms with van der Waals surface area (Å²) < 4.78 is 35.9. The van der Waals surface area contributed by atoms with Gasteiger partial charge in [-0.25, -0.2) is 4.79 Å². The fraction of sp³-hybridized carbons (Fsp3) is 0.467. The van der Waals surface area contributed by atoms with Crippen molar-refractivity contribution in [2.24, 2.45) is 11.8 Å². The van der Waals surface area contributed by atoms with Crippen LogP contribution in [0.5, 0.6) is 5.75 Å². The van der Waals surface area contributed by atoms with Crippen molar-refractivity contribution in [3.8, 4) is 5.75 Å². The van der Waals surface area contributed by atoms with Gasteiger partial charge in [-0.2, -0.15) is 0 Å². The molecule has 8 heteroatoms. The number of hydrogen-bond donors (Lipinski definition) is 0. The first-order chi connectivity index (χ1) is 18.6. The smallest absolute Gasteiger partial charge is 0.338 e. The van der Waals surface area contributed by atoms with Crippen molar-refractivity contribution in [2.75, 3.05) is 6.61 Å². The molecule has 4 aliphatic rings. The van der Waals surface area contributed by atoms with Gasteiger partial charge in [-0.15, -0.1) is 0 Å². The van der Waals surface area contributed by atoms with Gasteiger partial charge < -0.3 is 28.4 Å². The quantitative estimate of drug-likeness (QED) is 0.388. The van der Waals surface area contributed by atoms with Gasteiger partial charge in [0, 0.05) is 30.4 Å². The monoisotopic (exact) mass is 520 g/mol. The van der Waals surface area contributed by atoms with Gasteiger partial charge in [0.1, 0.15) is 24.1 Å². The van der Waals surface area contributed by atoms with Gasteiger partial charge in [-0.1, -0.05) is 48.6 Å². The minimum absolute atomic E-state index is 0.0761. The second-order valence-corrected chi connectivity index (χ2v) is 10.2. The first-order valence-electron chi connectivity index (χ1n) is 13.4. The fourth-order valence-electron chi connectivity index (χ4n) is 5.73. The number of carbonyl (C=O) groups excluding carboxylic acids is 2. The maximum absolute atomic E-state index is 12.9. The third-order valence-corrected chi connectivity index (χ3v) is 7.68. The molecule has 1 saturated carbocycles. The van der Waals surface area contributed by atoms with E-state index < -0.39 is 18.5 Å². The summed E-state index contributed by atoms with van der Waals surface area (Å²) in [5.41, 5.74) is 1.47. The second kappa shape index (κ2) is 11.3. The van der Waals surface area contributed by atoms with Crippen LogP contribution in [0.1, 0.15) is 48.0 Å². The highest BCUT2D eigenvalue weighted by molar-refractivity contribution is 5.89. The number of ether oxygens (including phenoxy) is 6. The zero-order valence-corrected chi connectivity index (χ0v) is 21.1. The number of hydrogen-bond acceptors (Lipinski definition) is 8. The van der Waals surface area contributed by atoms with Gasteiger partial charge >= 0.3 is 11.9 Å². The van der Waals surface area contributed by atoms with E-state index in [9.17, 15) is 9.59 Å². The average Bonchev–Trinajstić information content (AvgIpc) is 3.47. The van der Waals surface area contributed by atoms with E-state index in [1.807, 2.05) is 42.5 Å². The summed E-state index contributed by atoms with van der Waals surface area (Å²) in [7, 11) is 0. The average molecular weight is 521 g/mol. The van der Waals surface area contributed by atoms with Gasteiger partial charge in [0.15, 0.2) is 6.29 Å². The molecule has 3 fully saturated rings. The highest BCUT2D eigenvalue weighted by Gasteiger charge is 2.51. The summed E-state index contributed by atoms with van der Waals surface area (Å²) in [4.78, 5) is 24.9. The molecule has 2 unspecified atom stereocenters. The molecule has 0 amide bonds. The van der Waals surface area contributed by atoms with Crippen molar-refractivity contribution in [1.82, 2.24) is 0 Å². The first-order valence-corrected chi connectivity index (χ1v) is 13.4. The number of esters is 2. The van der Waals surface area contributed by atoms with Crippen LogP contribution < -0.4 is 4.74 Å². The van der Waals surface area contributed by atoms with Crippen molar-refractivity contribution < 1.29 is 38.0 Å². The number of rotatable bonds is 7. The molecule has 0 bridgehead atoms. The minimum atomic E-state index is -0.671. The highest BCUT2D eigenvalue weighted by atomic mass is 16.7. The Kier molecular flexibility index (Phi) is 7.44. The van der Waals surface area contributed by atoms with E-state index in [4.69, 9.17) is 28.4 Å². The van der Waals surface area contributed by atoms with Crippen LogP contribution in [0.25, 0.3) is 0 Å². The van der Waals surface area contributed by atoms with Gasteiger partial charge in [-0.05, 0) is 37.5 Å². The third-order valence-electron chi connectivity index (χ3n) is 7.68. The van der Waals surface area contributed by atoms with Crippen molar-refractivity contribution in [1.29, 1.82) is 0 Å². The van der Waals surface area contributed by atoms with Crippen LogP contribution in [0, 0.1) is 11.8 Å². The Morgan fingerprint density at radius 2 is 1.84 bits per heavy atom. The number of fused-ring (bicyclic) bond motifs is 2. The van der Waals surface area contributed by atoms with Crippen molar-refractivity contribution >= 4 is 11.9 Å². The number of benzene rings is 2. The normalized spacial score (nSPS) is 31.2. The lowest BCUT2D eigenvalue weighted by Crippen LogP contribution is -2.41. The molecule has 7 atom stereocenters. The van der Waals surface area contributed by atoms with E-state index in [1.54, 1.807) is 24.3 Å². The van der Waals surface area contributed by atoms with E-state index in [0.717, 1.165) is 30.6 Å². The highest BCUT2D eigenvalue weighted by Crippen LogP contribution is 2.44. The molecule has 0 N–H and O–H groups in total. The summed E-state index contributed by atoms with van der Waals surface area (Å²) in [6.07, 6.45) is 5.19. The molecule has 3 heterocycles. The first kappa shape index (κ1) is 25.1. The molecule has 8 nitrogen and oxygen atoms in total. The number of para-hydroxylation sites is 1. The lowest BCUT2D eigenvalue weighted by molar-refractivity contribution is -0.236. The Hall–Kier alpha value is -3.20. The van der Waals surface area contributed by atoms with Crippen LogP contribution in [0.4, 0.5) is 0 Å². The molecule has 0 spiro atoms. The van der Waals surface area contributed by atoms with Crippen molar-refractivity contribution in [3.63, 3.8) is 0 Å². The van der Waals surface area contributed by atoms with Gasteiger partial charge in [-0.3, -0.25) is 4.79 Å². The van der Waals surface area contributed by atoms with Gasteiger partial charge in [0.05, 0.1) is 18.6 Å². The standard InChI is InChI=1S/C30H32O8/c31-27-16-22-21(25(17-26(22)35-27)37-29(32)19-8-2-1-3-9-19)13-14-24(36-28-12-6-7-15-33-28)30-34-18-20-10-4-5-11-23(20)38-30/h1-5,8-11,13-14,21-22,24-26,28,30H,6-7,12,15-18H2/t21-,22-,24-,25-,26+,28?,30?/m1/s1. The van der Waals surface area contributed by atoms with Crippen LogP contribution in [0.3, 0.4) is 0 Å². The maximum Gasteiger partial charge on any atom is 0.338 e. The van der Waals surface area contributed by atoms with E-state index in [0.29, 0.717) is 31.6 Å². The Balaban J connectivity index is 1.23.